The van der Waals surface area contributed by atoms with Crippen LogP contribution in [0, 0.1) is 0 Å². The van der Waals surface area contributed by atoms with E-state index >= 15 is 0 Å². The molecule has 7 nitrogen and oxygen atoms in total. The fourth-order valence-electron chi connectivity index (χ4n) is 2.85. The van der Waals surface area contributed by atoms with Crippen LogP contribution in [-0.4, -0.2) is 48.8 Å². The zero-order valence-corrected chi connectivity index (χ0v) is 15.5. The smallest absolute Gasteiger partial charge is 0.326 e. The van der Waals surface area contributed by atoms with Crippen LogP contribution in [0.2, 0.25) is 0 Å². The van der Waals surface area contributed by atoms with E-state index in [0.29, 0.717) is 13.1 Å². The van der Waals surface area contributed by atoms with Crippen molar-refractivity contribution in [3.05, 3.63) is 42.0 Å². The van der Waals surface area contributed by atoms with Gasteiger partial charge in [0.25, 0.3) is 5.91 Å². The number of sulfonamides is 1. The van der Waals surface area contributed by atoms with Gasteiger partial charge in [-0.2, -0.15) is 4.31 Å². The van der Waals surface area contributed by atoms with E-state index in [4.69, 9.17) is 0 Å². The standard InChI is InChI=1S/C18H24N2O5S/c1-2-3-10-15(18(22)23)19-17(21)14-9-5-6-11-16(14)26(24,25)20-12-7-4-8-13-20/h2-3,5-6,9,11,15H,4,7-8,10,12-13H2,1H3,(H,19,21)(H,22,23)/b3-2+. The molecule has 1 aromatic rings. The molecule has 1 saturated heterocycles. The molecular formula is C18H24N2O5S. The molecular weight excluding hydrogens is 356 g/mol. The van der Waals surface area contributed by atoms with Crippen molar-refractivity contribution in [3.63, 3.8) is 0 Å². The third-order valence-electron chi connectivity index (χ3n) is 4.28. The number of benzene rings is 1. The molecule has 0 aliphatic carbocycles. The number of amides is 1. The molecule has 0 radical (unpaired) electrons. The molecule has 8 heteroatoms. The summed E-state index contributed by atoms with van der Waals surface area (Å²) in [6.07, 6.45) is 6.01. The van der Waals surface area contributed by atoms with E-state index in [1.807, 2.05) is 0 Å². The van der Waals surface area contributed by atoms with Crippen molar-refractivity contribution in [1.82, 2.24) is 9.62 Å². The van der Waals surface area contributed by atoms with Gasteiger partial charge in [0.1, 0.15) is 6.04 Å². The van der Waals surface area contributed by atoms with Gasteiger partial charge in [-0.25, -0.2) is 13.2 Å². The minimum Gasteiger partial charge on any atom is -0.480 e. The highest BCUT2D eigenvalue weighted by molar-refractivity contribution is 7.89. The Kier molecular flexibility index (Phi) is 6.93. The molecule has 1 atom stereocenters. The highest BCUT2D eigenvalue weighted by Crippen LogP contribution is 2.23. The lowest BCUT2D eigenvalue weighted by Crippen LogP contribution is -2.42. The van der Waals surface area contributed by atoms with Crippen LogP contribution < -0.4 is 5.32 Å². The molecule has 1 unspecified atom stereocenters. The fraction of sp³-hybridized carbons (Fsp3) is 0.444. The van der Waals surface area contributed by atoms with E-state index in [0.717, 1.165) is 19.3 Å². The Balaban J connectivity index is 2.30. The van der Waals surface area contributed by atoms with Gasteiger partial charge in [-0.1, -0.05) is 30.7 Å². The van der Waals surface area contributed by atoms with E-state index in [1.54, 1.807) is 31.2 Å². The van der Waals surface area contributed by atoms with Gasteiger partial charge in [0.2, 0.25) is 10.0 Å². The summed E-state index contributed by atoms with van der Waals surface area (Å²) in [5.74, 6) is -1.88. The van der Waals surface area contributed by atoms with Crippen LogP contribution in [0.1, 0.15) is 43.0 Å². The topological polar surface area (TPSA) is 104 Å². The highest BCUT2D eigenvalue weighted by Gasteiger charge is 2.30. The number of allylic oxidation sites excluding steroid dienone is 1. The van der Waals surface area contributed by atoms with E-state index < -0.39 is 27.9 Å². The number of aliphatic carboxylic acids is 1. The summed E-state index contributed by atoms with van der Waals surface area (Å²) < 4.78 is 27.2. The first-order valence-electron chi connectivity index (χ1n) is 8.62. The molecule has 0 saturated carbocycles. The predicted octanol–water partition coefficient (Wildman–Crippen LogP) is 2.01. The van der Waals surface area contributed by atoms with Gasteiger partial charge in [0.15, 0.2) is 0 Å². The highest BCUT2D eigenvalue weighted by atomic mass is 32.2. The Morgan fingerprint density at radius 2 is 1.88 bits per heavy atom. The summed E-state index contributed by atoms with van der Waals surface area (Å²) in [6.45, 7) is 2.61. The zero-order valence-electron chi connectivity index (χ0n) is 14.7. The van der Waals surface area contributed by atoms with Crippen molar-refractivity contribution in [2.24, 2.45) is 0 Å². The second kappa shape index (κ2) is 8.95. The minimum atomic E-state index is -3.80. The van der Waals surface area contributed by atoms with Crippen molar-refractivity contribution < 1.29 is 23.1 Å². The van der Waals surface area contributed by atoms with Gasteiger partial charge in [0, 0.05) is 13.1 Å². The monoisotopic (exact) mass is 380 g/mol. The number of nitrogens with zero attached hydrogens (tertiary/aromatic N) is 1. The number of nitrogens with one attached hydrogen (secondary N) is 1. The van der Waals surface area contributed by atoms with Crippen LogP contribution in [0.3, 0.4) is 0 Å². The molecule has 1 amide bonds. The number of carbonyl (C=O) groups is 2. The molecule has 2 rings (SSSR count). The van der Waals surface area contributed by atoms with Crippen molar-refractivity contribution in [2.45, 2.75) is 43.5 Å². The van der Waals surface area contributed by atoms with Crippen molar-refractivity contribution in [1.29, 1.82) is 0 Å². The lowest BCUT2D eigenvalue weighted by molar-refractivity contribution is -0.139. The molecule has 1 aromatic carbocycles. The van der Waals surface area contributed by atoms with Gasteiger partial charge < -0.3 is 10.4 Å². The fourth-order valence-corrected chi connectivity index (χ4v) is 4.56. The van der Waals surface area contributed by atoms with Crippen LogP contribution >= 0.6 is 0 Å². The molecule has 1 aliphatic rings. The molecule has 0 bridgehead atoms. The molecule has 1 fully saturated rings. The van der Waals surface area contributed by atoms with Crippen molar-refractivity contribution in [3.8, 4) is 0 Å². The SMILES string of the molecule is C/C=C/CC(NC(=O)c1ccccc1S(=O)(=O)N1CCCCC1)C(=O)O. The summed E-state index contributed by atoms with van der Waals surface area (Å²) in [6, 6.07) is 4.79. The maximum Gasteiger partial charge on any atom is 0.326 e. The van der Waals surface area contributed by atoms with Gasteiger partial charge in [-0.15, -0.1) is 0 Å². The molecule has 142 valence electrons. The first kappa shape index (κ1) is 20.1. The Bertz CT molecular complexity index is 783. The maximum absolute atomic E-state index is 12.9. The number of piperidine rings is 1. The summed E-state index contributed by atoms with van der Waals surface area (Å²) in [5.41, 5.74) is -0.0372. The van der Waals surface area contributed by atoms with Gasteiger partial charge in [-0.05, 0) is 38.3 Å². The molecule has 1 aliphatic heterocycles. The number of rotatable bonds is 7. The summed E-state index contributed by atoms with van der Waals surface area (Å²) in [7, 11) is -3.80. The summed E-state index contributed by atoms with van der Waals surface area (Å²) >= 11 is 0. The Labute approximate surface area is 153 Å². The second-order valence-corrected chi connectivity index (χ2v) is 8.04. The number of carboxylic acid groups (broad SMARTS) is 1. The van der Waals surface area contributed by atoms with Crippen LogP contribution in [0.5, 0.6) is 0 Å². The van der Waals surface area contributed by atoms with Crippen LogP contribution in [0.25, 0.3) is 0 Å². The van der Waals surface area contributed by atoms with E-state index in [9.17, 15) is 23.1 Å². The normalized spacial score (nSPS) is 17.1. The average molecular weight is 380 g/mol. The average Bonchev–Trinajstić information content (AvgIpc) is 2.65. The van der Waals surface area contributed by atoms with E-state index in [2.05, 4.69) is 5.32 Å². The summed E-state index contributed by atoms with van der Waals surface area (Å²) in [5, 5.41) is 11.7. The molecule has 26 heavy (non-hydrogen) atoms. The van der Waals surface area contributed by atoms with E-state index in [-0.39, 0.29) is 16.9 Å². The van der Waals surface area contributed by atoms with Crippen molar-refractivity contribution >= 4 is 21.9 Å². The number of carboxylic acids is 1. The largest absolute Gasteiger partial charge is 0.480 e. The predicted molar refractivity (Wildman–Crippen MR) is 97.4 cm³/mol. The van der Waals surface area contributed by atoms with E-state index in [1.165, 1.54) is 16.4 Å². The zero-order chi connectivity index (χ0) is 19.2. The van der Waals surface area contributed by atoms with Crippen LogP contribution in [0.4, 0.5) is 0 Å². The Morgan fingerprint density at radius 1 is 1.23 bits per heavy atom. The lowest BCUT2D eigenvalue weighted by Gasteiger charge is -2.26. The third kappa shape index (κ3) is 4.70. The number of carbonyl (C=O) groups excluding carboxylic acids is 1. The molecule has 0 aromatic heterocycles. The summed E-state index contributed by atoms with van der Waals surface area (Å²) in [4.78, 5) is 23.8. The van der Waals surface area contributed by atoms with Gasteiger partial charge in [-0.3, -0.25) is 4.79 Å². The van der Waals surface area contributed by atoms with Gasteiger partial charge >= 0.3 is 5.97 Å². The third-order valence-corrected chi connectivity index (χ3v) is 6.23. The Morgan fingerprint density at radius 3 is 2.50 bits per heavy atom. The quantitative estimate of drug-likeness (QED) is 0.704. The maximum atomic E-state index is 12.9. The van der Waals surface area contributed by atoms with Gasteiger partial charge in [0.05, 0.1) is 10.5 Å². The first-order valence-corrected chi connectivity index (χ1v) is 10.1. The minimum absolute atomic E-state index is 0.0372. The molecule has 1 heterocycles. The van der Waals surface area contributed by atoms with Crippen LogP contribution in [0.15, 0.2) is 41.3 Å². The molecule has 2 N–H and O–H groups in total. The Hall–Kier alpha value is -2.19. The lowest BCUT2D eigenvalue weighted by atomic mass is 10.1. The van der Waals surface area contributed by atoms with Crippen molar-refractivity contribution in [2.75, 3.05) is 13.1 Å². The number of hydrogen-bond acceptors (Lipinski definition) is 4. The second-order valence-electron chi connectivity index (χ2n) is 6.13. The first-order chi connectivity index (χ1) is 12.4. The van der Waals surface area contributed by atoms with Crippen LogP contribution in [-0.2, 0) is 14.8 Å². The number of hydrogen-bond donors (Lipinski definition) is 2. The molecule has 0 spiro atoms.